The van der Waals surface area contributed by atoms with Crippen molar-refractivity contribution in [2.24, 2.45) is 5.41 Å². The highest BCUT2D eigenvalue weighted by molar-refractivity contribution is 5.70. The highest BCUT2D eigenvalue weighted by atomic mass is 16.6. The molecule has 1 amide bonds. The average Bonchev–Trinajstić information content (AvgIpc) is 2.25. The van der Waals surface area contributed by atoms with E-state index in [0.29, 0.717) is 0 Å². The van der Waals surface area contributed by atoms with Gasteiger partial charge < -0.3 is 14.7 Å². The molecule has 1 spiro atoms. The predicted molar refractivity (Wildman–Crippen MR) is 69.3 cm³/mol. The number of rotatable bonds is 1. The molecule has 1 heterocycles. The molecule has 0 aromatic rings. The van der Waals surface area contributed by atoms with Crippen LogP contribution < -0.4 is 0 Å². The normalized spacial score (nSPS) is 26.9. The Morgan fingerprint density at radius 3 is 2.44 bits per heavy atom. The summed E-state index contributed by atoms with van der Waals surface area (Å²) >= 11 is 0. The first-order valence-electron chi connectivity index (χ1n) is 6.98. The molecule has 0 bridgehead atoms. The van der Waals surface area contributed by atoms with Gasteiger partial charge in [-0.3, -0.25) is 0 Å². The number of likely N-dealkylation sites (tertiary alicyclic amines) is 1. The molecule has 0 radical (unpaired) electrons. The standard InChI is InChI=1S/C14H25NO3/c1-13(2,3)18-12(17)15-10-14(11(15)9-16)7-5-4-6-8-14/h11,16H,4-10H2,1-3H3. The fraction of sp³-hybridized carbons (Fsp3) is 0.929. The van der Waals surface area contributed by atoms with E-state index in [9.17, 15) is 9.90 Å². The Morgan fingerprint density at radius 2 is 1.94 bits per heavy atom. The van der Waals surface area contributed by atoms with Crippen LogP contribution >= 0.6 is 0 Å². The van der Waals surface area contributed by atoms with Gasteiger partial charge in [-0.1, -0.05) is 19.3 Å². The van der Waals surface area contributed by atoms with E-state index in [2.05, 4.69) is 0 Å². The molecule has 2 fully saturated rings. The molecule has 1 aliphatic heterocycles. The highest BCUT2D eigenvalue weighted by Gasteiger charge is 2.54. The first-order valence-corrected chi connectivity index (χ1v) is 6.98. The summed E-state index contributed by atoms with van der Waals surface area (Å²) < 4.78 is 5.38. The van der Waals surface area contributed by atoms with Crippen molar-refractivity contribution in [2.75, 3.05) is 13.2 Å². The maximum atomic E-state index is 12.0. The molecule has 1 aliphatic carbocycles. The first-order chi connectivity index (χ1) is 8.38. The van der Waals surface area contributed by atoms with Gasteiger partial charge in [-0.2, -0.15) is 0 Å². The van der Waals surface area contributed by atoms with Crippen molar-refractivity contribution in [3.8, 4) is 0 Å². The Balaban J connectivity index is 1.98. The third kappa shape index (κ3) is 2.48. The summed E-state index contributed by atoms with van der Waals surface area (Å²) in [4.78, 5) is 13.7. The third-order valence-corrected chi connectivity index (χ3v) is 4.22. The van der Waals surface area contributed by atoms with Crippen LogP contribution in [0.25, 0.3) is 0 Å². The average molecular weight is 255 g/mol. The van der Waals surface area contributed by atoms with Crippen LogP contribution in [0.1, 0.15) is 52.9 Å². The van der Waals surface area contributed by atoms with Crippen molar-refractivity contribution >= 4 is 6.09 Å². The topological polar surface area (TPSA) is 49.8 Å². The molecule has 2 rings (SSSR count). The van der Waals surface area contributed by atoms with E-state index in [-0.39, 0.29) is 24.2 Å². The molecule has 0 aromatic heterocycles. The lowest BCUT2D eigenvalue weighted by Crippen LogP contribution is -2.68. The zero-order valence-electron chi connectivity index (χ0n) is 11.7. The Morgan fingerprint density at radius 1 is 1.33 bits per heavy atom. The van der Waals surface area contributed by atoms with Gasteiger partial charge in [0.05, 0.1) is 12.6 Å². The number of aliphatic hydroxyl groups excluding tert-OH is 1. The molecule has 18 heavy (non-hydrogen) atoms. The van der Waals surface area contributed by atoms with E-state index in [0.717, 1.165) is 19.4 Å². The molecule has 1 unspecified atom stereocenters. The molecule has 1 atom stereocenters. The molecular weight excluding hydrogens is 230 g/mol. The van der Waals surface area contributed by atoms with Crippen molar-refractivity contribution in [1.29, 1.82) is 0 Å². The van der Waals surface area contributed by atoms with Gasteiger partial charge in [0.15, 0.2) is 0 Å². The molecule has 1 saturated heterocycles. The van der Waals surface area contributed by atoms with Crippen LogP contribution in [0.5, 0.6) is 0 Å². The van der Waals surface area contributed by atoms with E-state index >= 15 is 0 Å². The number of amides is 1. The largest absolute Gasteiger partial charge is 0.444 e. The molecular formula is C14H25NO3. The van der Waals surface area contributed by atoms with Crippen molar-refractivity contribution in [3.05, 3.63) is 0 Å². The van der Waals surface area contributed by atoms with Crippen LogP contribution in [-0.2, 0) is 4.74 Å². The molecule has 4 nitrogen and oxygen atoms in total. The lowest BCUT2D eigenvalue weighted by molar-refractivity contribution is -0.114. The number of nitrogens with zero attached hydrogens (tertiary/aromatic N) is 1. The minimum Gasteiger partial charge on any atom is -0.444 e. The Bertz CT molecular complexity index is 315. The maximum Gasteiger partial charge on any atom is 0.410 e. The van der Waals surface area contributed by atoms with Gasteiger partial charge in [0, 0.05) is 12.0 Å². The van der Waals surface area contributed by atoms with E-state index in [1.807, 2.05) is 20.8 Å². The Labute approximate surface area is 109 Å². The van der Waals surface area contributed by atoms with Gasteiger partial charge in [-0.15, -0.1) is 0 Å². The maximum absolute atomic E-state index is 12.0. The number of ether oxygens (including phenoxy) is 1. The van der Waals surface area contributed by atoms with Crippen molar-refractivity contribution in [3.63, 3.8) is 0 Å². The molecule has 0 aromatic carbocycles. The summed E-state index contributed by atoms with van der Waals surface area (Å²) in [6.45, 7) is 6.42. The van der Waals surface area contributed by atoms with Crippen LogP contribution in [0.15, 0.2) is 0 Å². The number of hydrogen-bond acceptors (Lipinski definition) is 3. The monoisotopic (exact) mass is 255 g/mol. The summed E-state index contributed by atoms with van der Waals surface area (Å²) in [5.74, 6) is 0. The SMILES string of the molecule is CC(C)(C)OC(=O)N1CC2(CCCCC2)C1CO. The summed E-state index contributed by atoms with van der Waals surface area (Å²) in [5, 5.41) is 9.57. The number of carbonyl (C=O) groups excluding carboxylic acids is 1. The van der Waals surface area contributed by atoms with Crippen LogP contribution in [0.3, 0.4) is 0 Å². The minimum absolute atomic E-state index is 0.0346. The van der Waals surface area contributed by atoms with E-state index in [4.69, 9.17) is 4.74 Å². The lowest BCUT2D eigenvalue weighted by Gasteiger charge is -2.58. The van der Waals surface area contributed by atoms with Gasteiger partial charge >= 0.3 is 6.09 Å². The van der Waals surface area contributed by atoms with E-state index in [1.54, 1.807) is 4.90 Å². The Kier molecular flexibility index (Phi) is 3.58. The smallest absolute Gasteiger partial charge is 0.410 e. The number of hydrogen-bond donors (Lipinski definition) is 1. The molecule has 2 aliphatic rings. The van der Waals surface area contributed by atoms with Crippen LogP contribution in [0, 0.1) is 5.41 Å². The number of carbonyl (C=O) groups is 1. The van der Waals surface area contributed by atoms with Gasteiger partial charge in [0.2, 0.25) is 0 Å². The predicted octanol–water partition coefficient (Wildman–Crippen LogP) is 2.55. The zero-order valence-corrected chi connectivity index (χ0v) is 11.7. The van der Waals surface area contributed by atoms with Crippen molar-refractivity contribution in [2.45, 2.75) is 64.5 Å². The third-order valence-electron chi connectivity index (χ3n) is 4.22. The van der Waals surface area contributed by atoms with Crippen molar-refractivity contribution in [1.82, 2.24) is 4.90 Å². The van der Waals surface area contributed by atoms with Crippen LogP contribution in [0.4, 0.5) is 4.79 Å². The van der Waals surface area contributed by atoms with Crippen molar-refractivity contribution < 1.29 is 14.6 Å². The van der Waals surface area contributed by atoms with E-state index < -0.39 is 5.60 Å². The summed E-state index contributed by atoms with van der Waals surface area (Å²) in [7, 11) is 0. The van der Waals surface area contributed by atoms with Crippen LogP contribution in [0.2, 0.25) is 0 Å². The van der Waals surface area contributed by atoms with Gasteiger partial charge in [0.1, 0.15) is 5.60 Å². The second-order valence-corrected chi connectivity index (χ2v) is 6.73. The Hall–Kier alpha value is -0.770. The fourth-order valence-electron chi connectivity index (χ4n) is 3.32. The molecule has 4 heteroatoms. The second kappa shape index (κ2) is 4.72. The molecule has 1 N–H and O–H groups in total. The van der Waals surface area contributed by atoms with Gasteiger partial charge in [-0.25, -0.2) is 4.79 Å². The number of aliphatic hydroxyl groups is 1. The van der Waals surface area contributed by atoms with Gasteiger partial charge in [-0.05, 0) is 33.6 Å². The summed E-state index contributed by atoms with van der Waals surface area (Å²) in [6, 6.07) is -0.0346. The fourth-order valence-corrected chi connectivity index (χ4v) is 3.32. The van der Waals surface area contributed by atoms with Gasteiger partial charge in [0.25, 0.3) is 0 Å². The summed E-state index contributed by atoms with van der Waals surface area (Å²) in [5.41, 5.74) is -0.295. The minimum atomic E-state index is -0.466. The first kappa shape index (κ1) is 13.7. The lowest BCUT2D eigenvalue weighted by atomic mass is 9.63. The second-order valence-electron chi connectivity index (χ2n) is 6.73. The van der Waals surface area contributed by atoms with Crippen LogP contribution in [-0.4, -0.2) is 40.9 Å². The van der Waals surface area contributed by atoms with E-state index in [1.165, 1.54) is 19.3 Å². The molecule has 104 valence electrons. The summed E-state index contributed by atoms with van der Waals surface area (Å²) in [6.07, 6.45) is 5.72. The zero-order chi connectivity index (χ0) is 13.4. The molecule has 1 saturated carbocycles. The quantitative estimate of drug-likeness (QED) is 0.783. The highest BCUT2D eigenvalue weighted by Crippen LogP contribution is 2.49.